The first-order valence-electron chi connectivity index (χ1n) is 16.1. The predicted molar refractivity (Wildman–Crippen MR) is 198 cm³/mol. The van der Waals surface area contributed by atoms with Crippen LogP contribution in [0.4, 0.5) is 0 Å². The van der Waals surface area contributed by atoms with E-state index >= 15 is 0 Å². The van der Waals surface area contributed by atoms with E-state index in [1.807, 2.05) is 6.07 Å². The average molecular weight is 598 g/mol. The summed E-state index contributed by atoms with van der Waals surface area (Å²) in [6.07, 6.45) is 0. The van der Waals surface area contributed by atoms with E-state index in [0.29, 0.717) is 0 Å². The Morgan fingerprint density at radius 1 is 0.362 bits per heavy atom. The van der Waals surface area contributed by atoms with Crippen LogP contribution < -0.4 is 0 Å². The Hall–Kier alpha value is -6.25. The van der Waals surface area contributed by atoms with Crippen molar-refractivity contribution < 1.29 is 4.42 Å². The first-order valence-corrected chi connectivity index (χ1v) is 16.1. The van der Waals surface area contributed by atoms with E-state index in [1.54, 1.807) is 0 Å². The summed E-state index contributed by atoms with van der Waals surface area (Å²) in [7, 11) is 0. The summed E-state index contributed by atoms with van der Waals surface area (Å²) in [6, 6.07) is 58.3. The number of nitrogens with zero attached hydrogens (tertiary/aromatic N) is 1. The standard InChI is InChI=1S/C45H27NO/c1-2-11-30(12-3-1)43-39-26-25-37-36-19-10-18-33(44(36)47-45(37)42(39)38-17-8-9-20-41(38)46-43)28-21-23-29(24-22-28)40-27-31-13-4-5-14-32(31)34-15-6-7-16-35(34)40/h1-27H. The fraction of sp³-hybridized carbons (Fsp3) is 0. The molecule has 2 heteroatoms. The second-order valence-electron chi connectivity index (χ2n) is 12.3. The Morgan fingerprint density at radius 3 is 1.81 bits per heavy atom. The van der Waals surface area contributed by atoms with Gasteiger partial charge in [0.2, 0.25) is 0 Å². The van der Waals surface area contributed by atoms with E-state index in [9.17, 15) is 0 Å². The lowest BCUT2D eigenvalue weighted by atomic mass is 9.92. The van der Waals surface area contributed by atoms with E-state index in [0.717, 1.165) is 66.0 Å². The first-order chi connectivity index (χ1) is 23.3. The summed E-state index contributed by atoms with van der Waals surface area (Å²) >= 11 is 0. The Balaban J connectivity index is 1.17. The number of hydrogen-bond acceptors (Lipinski definition) is 2. The van der Waals surface area contributed by atoms with Crippen LogP contribution in [-0.4, -0.2) is 4.98 Å². The van der Waals surface area contributed by atoms with Gasteiger partial charge in [0.05, 0.1) is 11.2 Å². The monoisotopic (exact) mass is 597 g/mol. The lowest BCUT2D eigenvalue weighted by molar-refractivity contribution is 0.674. The molecule has 218 valence electrons. The van der Waals surface area contributed by atoms with Gasteiger partial charge in [-0.05, 0) is 56.4 Å². The predicted octanol–water partition coefficient (Wildman–Crippen LogP) is 12.6. The molecule has 10 rings (SSSR count). The van der Waals surface area contributed by atoms with E-state index < -0.39 is 0 Å². The number of hydrogen-bond donors (Lipinski definition) is 0. The van der Waals surface area contributed by atoms with Crippen molar-refractivity contribution in [1.29, 1.82) is 0 Å². The van der Waals surface area contributed by atoms with Crippen LogP contribution in [0.5, 0.6) is 0 Å². The van der Waals surface area contributed by atoms with Crippen molar-refractivity contribution in [2.24, 2.45) is 0 Å². The molecule has 0 bridgehead atoms. The van der Waals surface area contributed by atoms with Crippen molar-refractivity contribution in [3.63, 3.8) is 0 Å². The third-order valence-electron chi connectivity index (χ3n) is 9.65. The minimum Gasteiger partial charge on any atom is -0.455 e. The second kappa shape index (κ2) is 10.1. The van der Waals surface area contributed by atoms with Crippen LogP contribution >= 0.6 is 0 Å². The van der Waals surface area contributed by atoms with Gasteiger partial charge >= 0.3 is 0 Å². The fourth-order valence-electron chi connectivity index (χ4n) is 7.46. The topological polar surface area (TPSA) is 26.0 Å². The van der Waals surface area contributed by atoms with Gasteiger partial charge in [0.25, 0.3) is 0 Å². The highest BCUT2D eigenvalue weighted by Gasteiger charge is 2.19. The van der Waals surface area contributed by atoms with Crippen LogP contribution in [0.1, 0.15) is 0 Å². The van der Waals surface area contributed by atoms with E-state index in [-0.39, 0.29) is 0 Å². The zero-order chi connectivity index (χ0) is 30.9. The third kappa shape index (κ3) is 3.95. The van der Waals surface area contributed by atoms with Crippen LogP contribution in [0, 0.1) is 0 Å². The molecule has 2 nitrogen and oxygen atoms in total. The molecule has 2 heterocycles. The summed E-state index contributed by atoms with van der Waals surface area (Å²) in [4.78, 5) is 5.13. The molecule has 8 aromatic carbocycles. The van der Waals surface area contributed by atoms with Crippen molar-refractivity contribution >= 4 is 65.2 Å². The zero-order valence-corrected chi connectivity index (χ0v) is 25.4. The molecule has 0 atom stereocenters. The van der Waals surface area contributed by atoms with Crippen LogP contribution in [-0.2, 0) is 0 Å². The Morgan fingerprint density at radius 2 is 0.979 bits per heavy atom. The van der Waals surface area contributed by atoms with Gasteiger partial charge in [0.15, 0.2) is 0 Å². The molecule has 0 unspecified atom stereocenters. The van der Waals surface area contributed by atoms with Gasteiger partial charge < -0.3 is 4.42 Å². The van der Waals surface area contributed by atoms with Gasteiger partial charge in [-0.2, -0.15) is 0 Å². The summed E-state index contributed by atoms with van der Waals surface area (Å²) in [5.74, 6) is 0. The largest absolute Gasteiger partial charge is 0.455 e. The fourth-order valence-corrected chi connectivity index (χ4v) is 7.46. The van der Waals surface area contributed by atoms with Crippen molar-refractivity contribution in [3.05, 3.63) is 164 Å². The highest BCUT2D eigenvalue weighted by molar-refractivity contribution is 6.25. The van der Waals surface area contributed by atoms with E-state index in [4.69, 9.17) is 9.40 Å². The number of rotatable bonds is 3. The van der Waals surface area contributed by atoms with Crippen LogP contribution in [0.15, 0.2) is 168 Å². The number of pyridine rings is 1. The number of benzene rings is 8. The maximum atomic E-state index is 6.94. The van der Waals surface area contributed by atoms with Crippen molar-refractivity contribution in [1.82, 2.24) is 4.98 Å². The molecule has 0 spiro atoms. The zero-order valence-electron chi connectivity index (χ0n) is 25.4. The number of furan rings is 1. The summed E-state index contributed by atoms with van der Waals surface area (Å²) in [6.45, 7) is 0. The third-order valence-corrected chi connectivity index (χ3v) is 9.65. The lowest BCUT2D eigenvalue weighted by Gasteiger charge is -2.12. The number of fused-ring (bicyclic) bond motifs is 10. The molecule has 2 aromatic heterocycles. The molecule has 0 aliphatic heterocycles. The molecule has 0 amide bonds. The van der Waals surface area contributed by atoms with E-state index in [1.165, 1.54) is 32.7 Å². The average Bonchev–Trinajstić information content (AvgIpc) is 3.54. The molecular weight excluding hydrogens is 571 g/mol. The van der Waals surface area contributed by atoms with Crippen LogP contribution in [0.25, 0.3) is 98.7 Å². The Kier molecular flexibility index (Phi) is 5.61. The maximum Gasteiger partial charge on any atom is 0.144 e. The van der Waals surface area contributed by atoms with E-state index in [2.05, 4.69) is 158 Å². The van der Waals surface area contributed by atoms with Crippen LogP contribution in [0.3, 0.4) is 0 Å². The normalized spacial score (nSPS) is 11.8. The number of aromatic nitrogens is 1. The Labute approximate surface area is 271 Å². The highest BCUT2D eigenvalue weighted by atomic mass is 16.3. The highest BCUT2D eigenvalue weighted by Crippen LogP contribution is 2.43. The maximum absolute atomic E-state index is 6.94. The second-order valence-corrected chi connectivity index (χ2v) is 12.3. The molecule has 0 fully saturated rings. The van der Waals surface area contributed by atoms with Gasteiger partial charge in [0, 0.05) is 38.1 Å². The minimum atomic E-state index is 0.903. The summed E-state index contributed by atoms with van der Waals surface area (Å²) < 4.78 is 6.94. The Bertz CT molecular complexity index is 2830. The van der Waals surface area contributed by atoms with Crippen molar-refractivity contribution in [2.45, 2.75) is 0 Å². The molecule has 10 aromatic rings. The molecular formula is C45H27NO. The summed E-state index contributed by atoms with van der Waals surface area (Å²) in [5, 5.41) is 10.6. The van der Waals surface area contributed by atoms with Gasteiger partial charge in [-0.15, -0.1) is 0 Å². The molecule has 0 aliphatic carbocycles. The molecule has 0 saturated heterocycles. The quantitative estimate of drug-likeness (QED) is 0.189. The van der Waals surface area contributed by atoms with Gasteiger partial charge in [-0.3, -0.25) is 0 Å². The SMILES string of the molecule is c1ccc(-c2nc3ccccc3c3c2ccc2c4cccc(-c5ccc(-c6cc7ccccc7c7ccccc67)cc5)c4oc23)cc1. The smallest absolute Gasteiger partial charge is 0.144 e. The first kappa shape index (κ1) is 26.0. The molecule has 0 N–H and O–H groups in total. The molecule has 0 aliphatic rings. The van der Waals surface area contributed by atoms with Gasteiger partial charge in [0.1, 0.15) is 11.2 Å². The molecule has 47 heavy (non-hydrogen) atoms. The van der Waals surface area contributed by atoms with Crippen LogP contribution in [0.2, 0.25) is 0 Å². The molecule has 0 saturated carbocycles. The van der Waals surface area contributed by atoms with Crippen molar-refractivity contribution in [2.75, 3.05) is 0 Å². The number of para-hydroxylation sites is 2. The summed E-state index contributed by atoms with van der Waals surface area (Å²) in [5.41, 5.74) is 9.50. The minimum absolute atomic E-state index is 0.903. The lowest BCUT2D eigenvalue weighted by Crippen LogP contribution is -1.89. The van der Waals surface area contributed by atoms with Gasteiger partial charge in [-0.1, -0.05) is 146 Å². The molecule has 0 radical (unpaired) electrons. The van der Waals surface area contributed by atoms with Gasteiger partial charge in [-0.25, -0.2) is 4.98 Å². The van der Waals surface area contributed by atoms with Crippen molar-refractivity contribution in [3.8, 4) is 33.5 Å².